The highest BCUT2D eigenvalue weighted by Gasteiger charge is 2.23. The Balaban J connectivity index is 0.963. The van der Waals surface area contributed by atoms with Crippen LogP contribution < -0.4 is 0 Å². The van der Waals surface area contributed by atoms with Gasteiger partial charge in [-0.3, -0.25) is 5.41 Å². The maximum Gasteiger partial charge on any atom is 0.160 e. The van der Waals surface area contributed by atoms with Crippen LogP contribution in [-0.4, -0.2) is 30.9 Å². The molecule has 3 heterocycles. The average Bonchev–Trinajstić information content (AvgIpc) is 3.66. The van der Waals surface area contributed by atoms with Gasteiger partial charge < -0.3 is 4.57 Å². The lowest BCUT2D eigenvalue weighted by atomic mass is 9.88. The Kier molecular flexibility index (Phi) is 8.60. The molecular weight excluding hydrogens is 753 g/mol. The lowest BCUT2D eigenvalue weighted by molar-refractivity contribution is 1.17. The van der Waals surface area contributed by atoms with Gasteiger partial charge in [-0.15, -0.1) is 0 Å². The largest absolute Gasteiger partial charge is 0.309 e. The second kappa shape index (κ2) is 14.6. The summed E-state index contributed by atoms with van der Waals surface area (Å²) in [5.74, 6) is 0.672. The van der Waals surface area contributed by atoms with Crippen molar-refractivity contribution in [3.05, 3.63) is 199 Å². The quantitative estimate of drug-likeness (QED) is 0.165. The highest BCUT2D eigenvalue weighted by Crippen LogP contribution is 2.37. The van der Waals surface area contributed by atoms with Gasteiger partial charge in [0.05, 0.1) is 45.1 Å². The van der Waals surface area contributed by atoms with E-state index in [1.807, 2.05) is 54.6 Å². The standard InChI is InChI=1S/C53H34N6S/c54-51-45(58-60)30-29-43-50(51)42-17-4-7-18-44(42)55-52(43)35-23-21-33(22-24-35)37-13-10-14-38(31-37)47-32-46(56-53(57-47)36-11-2-1-3-12-36)34-25-27-39(28-26-34)59-48-19-8-5-15-40(48)41-16-6-9-20-49(41)59/h1-32,54,60H. The van der Waals surface area contributed by atoms with Gasteiger partial charge >= 0.3 is 0 Å². The molecule has 0 saturated carbocycles. The van der Waals surface area contributed by atoms with Gasteiger partial charge in [-0.2, -0.15) is 0 Å². The molecule has 0 unspecified atom stereocenters. The Bertz CT molecular complexity index is 3330. The maximum atomic E-state index is 8.95. The molecule has 6 nitrogen and oxygen atoms in total. The minimum absolute atomic E-state index is 0.343. The zero-order valence-electron chi connectivity index (χ0n) is 32.2. The van der Waals surface area contributed by atoms with Crippen molar-refractivity contribution in [1.29, 1.82) is 5.41 Å². The zero-order valence-corrected chi connectivity index (χ0v) is 33.1. The molecule has 1 aliphatic carbocycles. The lowest BCUT2D eigenvalue weighted by Crippen LogP contribution is -2.18. The SMILES string of the molecule is N=C1C(=NS)C=Cc2c(-c3ccc(-c4cccc(-c5cc(-c6ccc(-n7c8ccccc8c8ccccc87)cc6)nc(-c6ccccc6)n5)c4)cc3)nc3ccccc3c21. The van der Waals surface area contributed by atoms with Crippen LogP contribution in [0.1, 0.15) is 11.1 Å². The van der Waals surface area contributed by atoms with Crippen LogP contribution in [0, 0.1) is 5.41 Å². The molecule has 11 rings (SSSR count). The fraction of sp³-hybridized carbons (Fsp3) is 0. The van der Waals surface area contributed by atoms with Crippen molar-refractivity contribution in [3.63, 3.8) is 0 Å². The van der Waals surface area contributed by atoms with Gasteiger partial charge in [0, 0.05) is 55.2 Å². The monoisotopic (exact) mass is 786 g/mol. The second-order valence-corrected chi connectivity index (χ2v) is 15.1. The predicted octanol–water partition coefficient (Wildman–Crippen LogP) is 13.1. The molecule has 0 amide bonds. The predicted molar refractivity (Wildman–Crippen MR) is 251 cm³/mol. The summed E-state index contributed by atoms with van der Waals surface area (Å²) in [5, 5.41) is 12.3. The van der Waals surface area contributed by atoms with Crippen LogP contribution in [0.5, 0.6) is 0 Å². The number of aromatic nitrogens is 4. The van der Waals surface area contributed by atoms with Crippen LogP contribution >= 0.6 is 12.8 Å². The average molecular weight is 787 g/mol. The highest BCUT2D eigenvalue weighted by atomic mass is 32.1. The van der Waals surface area contributed by atoms with E-state index in [4.69, 9.17) is 20.4 Å². The van der Waals surface area contributed by atoms with E-state index < -0.39 is 0 Å². The first-order valence-corrected chi connectivity index (χ1v) is 20.2. The number of nitrogens with one attached hydrogen (secondary N) is 1. The normalized spacial score (nSPS) is 13.1. The van der Waals surface area contributed by atoms with Gasteiger partial charge in [0.25, 0.3) is 0 Å². The number of pyridine rings is 1. The van der Waals surface area contributed by atoms with E-state index in [1.165, 1.54) is 21.8 Å². The Morgan fingerprint density at radius 2 is 1.05 bits per heavy atom. The number of rotatable bonds is 6. The van der Waals surface area contributed by atoms with E-state index in [-0.39, 0.29) is 0 Å². The molecule has 0 spiro atoms. The molecule has 7 heteroatoms. The highest BCUT2D eigenvalue weighted by molar-refractivity contribution is 7.79. The number of hydrogen-bond donors (Lipinski definition) is 2. The number of para-hydroxylation sites is 3. The van der Waals surface area contributed by atoms with Gasteiger partial charge in [-0.25, -0.2) is 19.3 Å². The molecule has 0 aliphatic heterocycles. The molecule has 0 bridgehead atoms. The molecule has 7 aromatic carbocycles. The molecule has 1 N–H and O–H groups in total. The Labute approximate surface area is 352 Å². The topological polar surface area (TPSA) is 79.8 Å². The fourth-order valence-electron chi connectivity index (χ4n) is 8.46. The third-order valence-electron chi connectivity index (χ3n) is 11.4. The molecular formula is C53H34N6S. The molecule has 1 aliphatic rings. The summed E-state index contributed by atoms with van der Waals surface area (Å²) in [6.07, 6.45) is 3.83. The Morgan fingerprint density at radius 3 is 1.77 bits per heavy atom. The van der Waals surface area contributed by atoms with Crippen molar-refractivity contribution in [2.24, 2.45) is 4.40 Å². The minimum atomic E-state index is 0.343. The number of hydrogen-bond acceptors (Lipinski definition) is 6. The molecule has 3 aromatic heterocycles. The van der Waals surface area contributed by atoms with Gasteiger partial charge in [-0.05, 0) is 78.6 Å². The molecule has 10 aromatic rings. The summed E-state index contributed by atoms with van der Waals surface area (Å²) >= 11 is 4.13. The first kappa shape index (κ1) is 35.4. The number of fused-ring (bicyclic) bond motifs is 6. The van der Waals surface area contributed by atoms with Crippen molar-refractivity contribution in [1.82, 2.24) is 19.5 Å². The van der Waals surface area contributed by atoms with E-state index in [9.17, 15) is 0 Å². The Hall–Kier alpha value is -7.74. The first-order chi connectivity index (χ1) is 29.6. The number of thiol groups is 1. The van der Waals surface area contributed by atoms with Gasteiger partial charge in [0.1, 0.15) is 0 Å². The van der Waals surface area contributed by atoms with Gasteiger partial charge in [0.15, 0.2) is 5.82 Å². The summed E-state index contributed by atoms with van der Waals surface area (Å²) in [7, 11) is 0. The lowest BCUT2D eigenvalue weighted by Gasteiger charge is -2.19. The summed E-state index contributed by atoms with van der Waals surface area (Å²) in [6, 6.07) is 63.0. The second-order valence-electron chi connectivity index (χ2n) is 14.9. The number of allylic oxidation sites excluding steroid dienone is 1. The van der Waals surface area contributed by atoms with Crippen molar-refractivity contribution in [2.75, 3.05) is 0 Å². The first-order valence-electron chi connectivity index (χ1n) is 19.8. The molecule has 282 valence electrons. The van der Waals surface area contributed by atoms with Crippen LogP contribution in [0.4, 0.5) is 0 Å². The summed E-state index contributed by atoms with van der Waals surface area (Å²) in [5.41, 5.74) is 15.5. The number of nitrogens with zero attached hydrogens (tertiary/aromatic N) is 5. The van der Waals surface area contributed by atoms with Crippen molar-refractivity contribution in [2.45, 2.75) is 0 Å². The van der Waals surface area contributed by atoms with Crippen LogP contribution in [-0.2, 0) is 0 Å². The Morgan fingerprint density at radius 1 is 0.467 bits per heavy atom. The van der Waals surface area contributed by atoms with Crippen LogP contribution in [0.2, 0.25) is 0 Å². The van der Waals surface area contributed by atoms with Crippen LogP contribution in [0.3, 0.4) is 0 Å². The fourth-order valence-corrected chi connectivity index (χ4v) is 8.62. The van der Waals surface area contributed by atoms with Crippen molar-refractivity contribution in [3.8, 4) is 62.0 Å². The van der Waals surface area contributed by atoms with E-state index in [0.29, 0.717) is 17.2 Å². The van der Waals surface area contributed by atoms with E-state index in [1.54, 1.807) is 0 Å². The van der Waals surface area contributed by atoms with Crippen LogP contribution in [0.15, 0.2) is 192 Å². The van der Waals surface area contributed by atoms with E-state index >= 15 is 0 Å². The van der Waals surface area contributed by atoms with E-state index in [2.05, 4.69) is 161 Å². The van der Waals surface area contributed by atoms with Gasteiger partial charge in [-0.1, -0.05) is 140 Å². The minimum Gasteiger partial charge on any atom is -0.309 e. The smallest absolute Gasteiger partial charge is 0.160 e. The summed E-state index contributed by atoms with van der Waals surface area (Å²) < 4.78 is 6.38. The zero-order chi connectivity index (χ0) is 40.2. The van der Waals surface area contributed by atoms with Crippen LogP contribution in [0.25, 0.3) is 101 Å². The number of benzene rings is 7. The maximum absolute atomic E-state index is 8.95. The van der Waals surface area contributed by atoms with Gasteiger partial charge in [0.2, 0.25) is 0 Å². The molecule has 0 fully saturated rings. The third-order valence-corrected chi connectivity index (χ3v) is 11.6. The summed E-state index contributed by atoms with van der Waals surface area (Å²) in [4.78, 5) is 15.3. The molecule has 0 radical (unpaired) electrons. The molecule has 0 atom stereocenters. The van der Waals surface area contributed by atoms with Crippen molar-refractivity contribution < 1.29 is 0 Å². The van der Waals surface area contributed by atoms with E-state index in [0.717, 1.165) is 78.2 Å². The van der Waals surface area contributed by atoms with Crippen molar-refractivity contribution >= 4 is 63.0 Å². The summed E-state index contributed by atoms with van der Waals surface area (Å²) in [6.45, 7) is 0. The molecule has 60 heavy (non-hydrogen) atoms. The third kappa shape index (κ3) is 6.03. The molecule has 0 saturated heterocycles.